The van der Waals surface area contributed by atoms with E-state index in [-0.39, 0.29) is 5.75 Å². The molecule has 0 bridgehead atoms. The van der Waals surface area contributed by atoms with E-state index in [1.165, 1.54) is 18.2 Å². The Morgan fingerprint density at radius 3 is 1.76 bits per heavy atom. The molecule has 6 nitrogen and oxygen atoms in total. The number of phenols is 1. The minimum absolute atomic E-state index is 0.0330. The molecule has 0 aliphatic heterocycles. The van der Waals surface area contributed by atoms with Crippen molar-refractivity contribution in [2.24, 2.45) is 0 Å². The van der Waals surface area contributed by atoms with Gasteiger partial charge in [-0.25, -0.2) is 0 Å². The van der Waals surface area contributed by atoms with Crippen LogP contribution in [0.25, 0.3) is 0 Å². The first-order valence-electron chi connectivity index (χ1n) is 6.09. The van der Waals surface area contributed by atoms with E-state index in [9.17, 15) is 0 Å². The molecule has 0 heterocycles. The molecular formula is C13H16B2O6. The summed E-state index contributed by atoms with van der Waals surface area (Å²) in [4.78, 5) is 0. The SMILES string of the molecule is COc1ccc(B(O)O)cc1.OB(O)c1cccc(O)c1. The second kappa shape index (κ2) is 8.33. The number of benzene rings is 2. The van der Waals surface area contributed by atoms with Crippen molar-refractivity contribution in [1.82, 2.24) is 0 Å². The average molecular weight is 290 g/mol. The fourth-order valence-electron chi connectivity index (χ4n) is 1.46. The molecule has 0 spiro atoms. The lowest BCUT2D eigenvalue weighted by atomic mass is 9.80. The van der Waals surface area contributed by atoms with E-state index in [0.29, 0.717) is 16.7 Å². The molecule has 8 heteroatoms. The highest BCUT2D eigenvalue weighted by Gasteiger charge is 2.10. The Morgan fingerprint density at radius 2 is 1.38 bits per heavy atom. The van der Waals surface area contributed by atoms with E-state index in [0.717, 1.165) is 0 Å². The number of rotatable bonds is 3. The summed E-state index contributed by atoms with van der Waals surface area (Å²) in [6.45, 7) is 0. The second-order valence-corrected chi connectivity index (χ2v) is 4.12. The molecule has 2 rings (SSSR count). The van der Waals surface area contributed by atoms with Gasteiger partial charge in [0.15, 0.2) is 0 Å². The summed E-state index contributed by atoms with van der Waals surface area (Å²) in [5.41, 5.74) is 0.755. The quantitative estimate of drug-likeness (QED) is 0.438. The molecule has 0 aliphatic carbocycles. The molecule has 0 aromatic heterocycles. The zero-order chi connectivity index (χ0) is 15.8. The number of aromatic hydroxyl groups is 1. The molecule has 0 fully saturated rings. The van der Waals surface area contributed by atoms with Crippen molar-refractivity contribution in [2.45, 2.75) is 0 Å². The highest BCUT2D eigenvalue weighted by molar-refractivity contribution is 6.58. The van der Waals surface area contributed by atoms with Crippen LogP contribution in [0.3, 0.4) is 0 Å². The summed E-state index contributed by atoms with van der Waals surface area (Å²) in [5.74, 6) is 0.736. The van der Waals surface area contributed by atoms with Gasteiger partial charge in [-0.05, 0) is 35.2 Å². The topological polar surface area (TPSA) is 110 Å². The monoisotopic (exact) mass is 290 g/mol. The minimum Gasteiger partial charge on any atom is -0.508 e. The van der Waals surface area contributed by atoms with Crippen LogP contribution in [0, 0.1) is 0 Å². The molecule has 0 saturated carbocycles. The van der Waals surface area contributed by atoms with E-state index < -0.39 is 14.2 Å². The lowest BCUT2D eigenvalue weighted by molar-refractivity contribution is 0.414. The Morgan fingerprint density at radius 1 is 0.810 bits per heavy atom. The van der Waals surface area contributed by atoms with Crippen LogP contribution in [-0.4, -0.2) is 46.5 Å². The maximum Gasteiger partial charge on any atom is 0.488 e. The van der Waals surface area contributed by atoms with Crippen molar-refractivity contribution in [3.05, 3.63) is 48.5 Å². The van der Waals surface area contributed by atoms with E-state index in [2.05, 4.69) is 0 Å². The standard InChI is InChI=1S/C7H9BO3.C6H7BO3/c1-11-7-4-2-6(3-5-7)8(9)10;8-6-3-1-2-5(4-6)7(9)10/h2-5,9-10H,1H3;1-4,8-10H. The molecule has 0 atom stereocenters. The summed E-state index contributed by atoms with van der Waals surface area (Å²) < 4.78 is 4.89. The van der Waals surface area contributed by atoms with Gasteiger partial charge in [-0.2, -0.15) is 0 Å². The maximum atomic E-state index is 8.84. The van der Waals surface area contributed by atoms with Crippen molar-refractivity contribution < 1.29 is 29.9 Å². The predicted molar refractivity (Wildman–Crippen MR) is 80.8 cm³/mol. The van der Waals surface area contributed by atoms with Gasteiger partial charge in [0.1, 0.15) is 11.5 Å². The molecule has 0 aliphatic rings. The second-order valence-electron chi connectivity index (χ2n) is 4.12. The van der Waals surface area contributed by atoms with Crippen molar-refractivity contribution >= 4 is 25.2 Å². The number of hydrogen-bond donors (Lipinski definition) is 5. The molecule has 0 radical (unpaired) electrons. The van der Waals surface area contributed by atoms with Gasteiger partial charge >= 0.3 is 14.2 Å². The third kappa shape index (κ3) is 5.88. The van der Waals surface area contributed by atoms with Gasteiger partial charge in [-0.3, -0.25) is 0 Å². The highest BCUT2D eigenvalue weighted by atomic mass is 16.5. The van der Waals surface area contributed by atoms with Gasteiger partial charge in [-0.1, -0.05) is 24.3 Å². The molecule has 2 aromatic rings. The van der Waals surface area contributed by atoms with Gasteiger partial charge < -0.3 is 29.9 Å². The number of ether oxygens (including phenoxy) is 1. The molecule has 0 amide bonds. The molecule has 2 aromatic carbocycles. The van der Waals surface area contributed by atoms with Crippen LogP contribution in [0.2, 0.25) is 0 Å². The Hall–Kier alpha value is -1.99. The van der Waals surface area contributed by atoms with Crippen LogP contribution >= 0.6 is 0 Å². The number of methoxy groups -OCH3 is 1. The molecule has 0 unspecified atom stereocenters. The first kappa shape index (κ1) is 17.1. The van der Waals surface area contributed by atoms with Crippen LogP contribution in [-0.2, 0) is 0 Å². The number of hydrogen-bond acceptors (Lipinski definition) is 6. The van der Waals surface area contributed by atoms with Crippen molar-refractivity contribution in [3.8, 4) is 11.5 Å². The van der Waals surface area contributed by atoms with E-state index in [1.807, 2.05) is 0 Å². The van der Waals surface area contributed by atoms with E-state index >= 15 is 0 Å². The summed E-state index contributed by atoms with van der Waals surface area (Å²) in [7, 11) is -1.35. The first-order chi connectivity index (χ1) is 9.93. The smallest absolute Gasteiger partial charge is 0.488 e. The minimum atomic E-state index is -1.51. The Bertz CT molecular complexity index is 545. The van der Waals surface area contributed by atoms with Gasteiger partial charge in [0.2, 0.25) is 0 Å². The summed E-state index contributed by atoms with van der Waals surface area (Å²) in [6.07, 6.45) is 0. The summed E-state index contributed by atoms with van der Waals surface area (Å²) in [5, 5.41) is 43.4. The van der Waals surface area contributed by atoms with Crippen molar-refractivity contribution in [1.29, 1.82) is 0 Å². The third-order valence-corrected chi connectivity index (χ3v) is 2.58. The van der Waals surface area contributed by atoms with Gasteiger partial charge in [0.25, 0.3) is 0 Å². The molecule has 0 saturated heterocycles. The van der Waals surface area contributed by atoms with E-state index in [1.54, 1.807) is 37.4 Å². The predicted octanol–water partition coefficient (Wildman–Crippen LogP) is -1.55. The number of phenolic OH excluding ortho intramolecular Hbond substituents is 1. The largest absolute Gasteiger partial charge is 0.508 e. The normalized spacial score (nSPS) is 9.38. The fraction of sp³-hybridized carbons (Fsp3) is 0.0769. The molecular weight excluding hydrogens is 274 g/mol. The lowest BCUT2D eigenvalue weighted by Crippen LogP contribution is -2.29. The highest BCUT2D eigenvalue weighted by Crippen LogP contribution is 2.05. The van der Waals surface area contributed by atoms with Crippen LogP contribution in [0.4, 0.5) is 0 Å². The lowest BCUT2D eigenvalue weighted by Gasteiger charge is -2.00. The maximum absolute atomic E-state index is 8.84. The Kier molecular flexibility index (Phi) is 6.77. The van der Waals surface area contributed by atoms with Gasteiger partial charge in [0, 0.05) is 0 Å². The van der Waals surface area contributed by atoms with Crippen LogP contribution in [0.1, 0.15) is 0 Å². The van der Waals surface area contributed by atoms with Gasteiger partial charge in [0.05, 0.1) is 7.11 Å². The van der Waals surface area contributed by atoms with E-state index in [4.69, 9.17) is 29.9 Å². The average Bonchev–Trinajstić information content (AvgIpc) is 2.48. The van der Waals surface area contributed by atoms with Crippen molar-refractivity contribution in [3.63, 3.8) is 0 Å². The van der Waals surface area contributed by atoms with Crippen LogP contribution in [0.15, 0.2) is 48.5 Å². The zero-order valence-electron chi connectivity index (χ0n) is 11.4. The van der Waals surface area contributed by atoms with Crippen molar-refractivity contribution in [2.75, 3.05) is 7.11 Å². The summed E-state index contributed by atoms with van der Waals surface area (Å²) >= 11 is 0. The zero-order valence-corrected chi connectivity index (χ0v) is 11.4. The van der Waals surface area contributed by atoms with Crippen LogP contribution in [0.5, 0.6) is 11.5 Å². The molecule has 110 valence electrons. The Labute approximate surface area is 123 Å². The third-order valence-electron chi connectivity index (χ3n) is 2.58. The summed E-state index contributed by atoms with van der Waals surface area (Å²) in [6, 6.07) is 12.4. The fourth-order valence-corrected chi connectivity index (χ4v) is 1.46. The molecule has 5 N–H and O–H groups in total. The van der Waals surface area contributed by atoms with Crippen LogP contribution < -0.4 is 15.7 Å². The Balaban J connectivity index is 0.000000211. The van der Waals surface area contributed by atoms with Gasteiger partial charge in [-0.15, -0.1) is 0 Å². The molecule has 21 heavy (non-hydrogen) atoms. The first-order valence-corrected chi connectivity index (χ1v) is 6.09.